The van der Waals surface area contributed by atoms with Crippen molar-refractivity contribution in [3.05, 3.63) is 51.7 Å². The lowest BCUT2D eigenvalue weighted by molar-refractivity contribution is -0.384. The van der Waals surface area contributed by atoms with E-state index in [2.05, 4.69) is 25.5 Å². The third-order valence-electron chi connectivity index (χ3n) is 4.28. The Morgan fingerprint density at radius 2 is 2.00 bits per heavy atom. The molecule has 0 bridgehead atoms. The molecule has 2 N–H and O–H groups in total. The van der Waals surface area contributed by atoms with Crippen LogP contribution in [0.4, 0.5) is 17.5 Å². The fraction of sp³-hybridized carbons (Fsp3) is 0.389. The van der Waals surface area contributed by atoms with Gasteiger partial charge in [-0.15, -0.1) is 0 Å². The second kappa shape index (κ2) is 8.43. The summed E-state index contributed by atoms with van der Waals surface area (Å²) in [6.07, 6.45) is 2.35. The Morgan fingerprint density at radius 1 is 1.22 bits per heavy atom. The highest BCUT2D eigenvalue weighted by molar-refractivity contribution is 5.94. The minimum absolute atomic E-state index is 0.108. The summed E-state index contributed by atoms with van der Waals surface area (Å²) in [5.74, 6) is 1.09. The summed E-state index contributed by atoms with van der Waals surface area (Å²) in [6, 6.07) is 7.62. The number of carbonyl (C=O) groups is 1. The molecular formula is C18H22N6O3. The Balaban J connectivity index is 1.52. The van der Waals surface area contributed by atoms with Crippen LogP contribution in [0, 0.1) is 17.0 Å². The molecule has 1 fully saturated rings. The van der Waals surface area contributed by atoms with E-state index in [4.69, 9.17) is 0 Å². The van der Waals surface area contributed by atoms with Crippen molar-refractivity contribution in [2.75, 3.05) is 36.4 Å². The van der Waals surface area contributed by atoms with Crippen LogP contribution in [0.25, 0.3) is 0 Å². The van der Waals surface area contributed by atoms with Gasteiger partial charge in [0.2, 0.25) is 5.95 Å². The first-order chi connectivity index (χ1) is 13.0. The number of hydrogen-bond donors (Lipinski definition) is 2. The van der Waals surface area contributed by atoms with Crippen LogP contribution in [0.5, 0.6) is 0 Å². The predicted octanol–water partition coefficient (Wildman–Crippen LogP) is 2.14. The number of rotatable bonds is 7. The maximum absolute atomic E-state index is 12.1. The van der Waals surface area contributed by atoms with Gasteiger partial charge >= 0.3 is 0 Å². The average Bonchev–Trinajstić information content (AvgIpc) is 3.19. The number of nitrogens with one attached hydrogen (secondary N) is 2. The van der Waals surface area contributed by atoms with Crippen molar-refractivity contribution in [2.24, 2.45) is 0 Å². The molecule has 0 saturated carbocycles. The Hall–Kier alpha value is -3.23. The van der Waals surface area contributed by atoms with Crippen LogP contribution in [0.2, 0.25) is 0 Å². The Bertz CT molecular complexity index is 836. The Kier molecular flexibility index (Phi) is 5.80. The van der Waals surface area contributed by atoms with E-state index < -0.39 is 4.92 Å². The predicted molar refractivity (Wildman–Crippen MR) is 102 cm³/mol. The monoisotopic (exact) mass is 370 g/mol. The normalized spacial score (nSPS) is 13.4. The zero-order valence-corrected chi connectivity index (χ0v) is 15.1. The van der Waals surface area contributed by atoms with Crippen molar-refractivity contribution in [3.63, 3.8) is 0 Å². The van der Waals surface area contributed by atoms with Gasteiger partial charge in [-0.05, 0) is 25.8 Å². The molecular weight excluding hydrogens is 348 g/mol. The topological polar surface area (TPSA) is 113 Å². The summed E-state index contributed by atoms with van der Waals surface area (Å²) in [6.45, 7) is 4.74. The Morgan fingerprint density at radius 3 is 2.74 bits per heavy atom. The number of aryl methyl sites for hydroxylation is 1. The van der Waals surface area contributed by atoms with Gasteiger partial charge in [0.05, 0.1) is 4.92 Å². The van der Waals surface area contributed by atoms with E-state index in [9.17, 15) is 14.9 Å². The van der Waals surface area contributed by atoms with Crippen LogP contribution >= 0.6 is 0 Å². The highest BCUT2D eigenvalue weighted by Crippen LogP contribution is 2.19. The van der Waals surface area contributed by atoms with Crippen LogP contribution < -0.4 is 15.5 Å². The molecule has 2 aromatic rings. The average molecular weight is 370 g/mol. The summed E-state index contributed by atoms with van der Waals surface area (Å²) in [5, 5.41) is 16.6. The van der Waals surface area contributed by atoms with Crippen molar-refractivity contribution >= 4 is 23.4 Å². The molecule has 9 nitrogen and oxygen atoms in total. The smallest absolute Gasteiger partial charge is 0.270 e. The fourth-order valence-electron chi connectivity index (χ4n) is 2.95. The number of nitro groups is 1. The van der Waals surface area contributed by atoms with Crippen molar-refractivity contribution < 1.29 is 9.72 Å². The van der Waals surface area contributed by atoms with Gasteiger partial charge in [0.25, 0.3) is 11.6 Å². The number of non-ortho nitro benzene ring substituents is 1. The standard InChI is InChI=1S/C18H22N6O3/c1-13-11-16(23-9-2-3-10-23)22-18(21-13)20-8-7-19-17(25)14-5-4-6-15(12-14)24(26)27/h4-6,11-12H,2-3,7-10H2,1H3,(H,19,25)(H,20,21,22). The molecule has 0 radical (unpaired) electrons. The van der Waals surface area contributed by atoms with Crippen LogP contribution in [0.15, 0.2) is 30.3 Å². The summed E-state index contributed by atoms with van der Waals surface area (Å²) in [7, 11) is 0. The Labute approximate surface area is 157 Å². The highest BCUT2D eigenvalue weighted by Gasteiger charge is 2.15. The van der Waals surface area contributed by atoms with Gasteiger partial charge in [0, 0.05) is 55.6 Å². The van der Waals surface area contributed by atoms with E-state index in [1.165, 1.54) is 31.0 Å². The van der Waals surface area contributed by atoms with Crippen LogP contribution in [-0.2, 0) is 0 Å². The van der Waals surface area contributed by atoms with Crippen molar-refractivity contribution in [1.82, 2.24) is 15.3 Å². The molecule has 0 atom stereocenters. The second-order valence-corrected chi connectivity index (χ2v) is 6.38. The van der Waals surface area contributed by atoms with Gasteiger partial charge in [0.1, 0.15) is 5.82 Å². The number of aromatic nitrogens is 2. The van der Waals surface area contributed by atoms with E-state index in [0.29, 0.717) is 19.0 Å². The molecule has 1 aliphatic rings. The van der Waals surface area contributed by atoms with Gasteiger partial charge in [-0.3, -0.25) is 14.9 Å². The molecule has 0 unspecified atom stereocenters. The highest BCUT2D eigenvalue weighted by atomic mass is 16.6. The molecule has 27 heavy (non-hydrogen) atoms. The van der Waals surface area contributed by atoms with Gasteiger partial charge < -0.3 is 15.5 Å². The molecule has 142 valence electrons. The van der Waals surface area contributed by atoms with E-state index in [1.807, 2.05) is 13.0 Å². The molecule has 0 spiro atoms. The van der Waals surface area contributed by atoms with Gasteiger partial charge in [-0.25, -0.2) is 4.98 Å². The third kappa shape index (κ3) is 4.90. The molecule has 0 aliphatic carbocycles. The number of amides is 1. The zero-order valence-electron chi connectivity index (χ0n) is 15.1. The maximum atomic E-state index is 12.1. The molecule has 1 saturated heterocycles. The number of carbonyl (C=O) groups excluding carboxylic acids is 1. The molecule has 1 aliphatic heterocycles. The van der Waals surface area contributed by atoms with Crippen LogP contribution in [0.3, 0.4) is 0 Å². The fourth-order valence-corrected chi connectivity index (χ4v) is 2.95. The van der Waals surface area contributed by atoms with Gasteiger partial charge in [-0.2, -0.15) is 4.98 Å². The number of benzene rings is 1. The summed E-state index contributed by atoms with van der Waals surface area (Å²) >= 11 is 0. The quantitative estimate of drug-likeness (QED) is 0.436. The number of hydrogen-bond acceptors (Lipinski definition) is 7. The van der Waals surface area contributed by atoms with Crippen molar-refractivity contribution in [2.45, 2.75) is 19.8 Å². The number of nitrogens with zero attached hydrogens (tertiary/aromatic N) is 4. The SMILES string of the molecule is Cc1cc(N2CCCC2)nc(NCCNC(=O)c2cccc([N+](=O)[O-])c2)n1. The molecule has 1 aromatic carbocycles. The first-order valence-electron chi connectivity index (χ1n) is 8.90. The lowest BCUT2D eigenvalue weighted by Gasteiger charge is -2.17. The van der Waals surface area contributed by atoms with Crippen molar-refractivity contribution in [3.8, 4) is 0 Å². The van der Waals surface area contributed by atoms with E-state index in [1.54, 1.807) is 6.07 Å². The first kappa shape index (κ1) is 18.6. The summed E-state index contributed by atoms with van der Waals surface area (Å²) in [4.78, 5) is 33.5. The summed E-state index contributed by atoms with van der Waals surface area (Å²) in [5.41, 5.74) is 1.03. The second-order valence-electron chi connectivity index (χ2n) is 6.38. The minimum atomic E-state index is -0.522. The minimum Gasteiger partial charge on any atom is -0.356 e. The van der Waals surface area contributed by atoms with E-state index in [-0.39, 0.29) is 17.2 Å². The zero-order chi connectivity index (χ0) is 19.2. The van der Waals surface area contributed by atoms with Crippen LogP contribution in [-0.4, -0.2) is 47.0 Å². The number of nitro benzene ring substituents is 1. The molecule has 9 heteroatoms. The lowest BCUT2D eigenvalue weighted by Crippen LogP contribution is -2.29. The van der Waals surface area contributed by atoms with Crippen LogP contribution in [0.1, 0.15) is 28.9 Å². The van der Waals surface area contributed by atoms with E-state index >= 15 is 0 Å². The van der Waals surface area contributed by atoms with Crippen molar-refractivity contribution in [1.29, 1.82) is 0 Å². The molecule has 1 amide bonds. The van der Waals surface area contributed by atoms with Gasteiger partial charge in [0.15, 0.2) is 0 Å². The first-order valence-corrected chi connectivity index (χ1v) is 8.90. The lowest BCUT2D eigenvalue weighted by atomic mass is 10.2. The number of anilines is 2. The van der Waals surface area contributed by atoms with Gasteiger partial charge in [-0.1, -0.05) is 6.07 Å². The van der Waals surface area contributed by atoms with E-state index in [0.717, 1.165) is 24.6 Å². The molecule has 2 heterocycles. The molecule has 1 aromatic heterocycles. The largest absolute Gasteiger partial charge is 0.356 e. The maximum Gasteiger partial charge on any atom is 0.270 e. The third-order valence-corrected chi connectivity index (χ3v) is 4.28. The summed E-state index contributed by atoms with van der Waals surface area (Å²) < 4.78 is 0. The molecule has 3 rings (SSSR count).